The molecule has 4 N–H and O–H groups in total. The SMILES string of the molecule is CC(CCO)OC(=O)C(C)c1ccc2c(c1)[nH]c1ccc(Cl)cc12.CC(O)CCOC(=O)C(C)c1ccc2c(c1)[nH]c1ccc(Cl)cc12. The van der Waals surface area contributed by atoms with Crippen molar-refractivity contribution in [2.24, 2.45) is 0 Å². The largest absolute Gasteiger partial charge is 0.465 e. The third-order valence-electron chi connectivity index (χ3n) is 8.51. The molecule has 0 amide bonds. The number of H-pyrrole nitrogens is 2. The average Bonchev–Trinajstić information content (AvgIpc) is 3.60. The van der Waals surface area contributed by atoms with E-state index in [1.54, 1.807) is 13.8 Å². The molecular weight excluding hydrogens is 651 g/mol. The van der Waals surface area contributed by atoms with E-state index in [1.165, 1.54) is 0 Å². The van der Waals surface area contributed by atoms with Gasteiger partial charge in [0, 0.05) is 73.1 Å². The second-order valence-corrected chi connectivity index (χ2v) is 13.1. The maximum atomic E-state index is 12.3. The predicted molar refractivity (Wildman–Crippen MR) is 193 cm³/mol. The maximum absolute atomic E-state index is 12.3. The molecule has 4 aromatic carbocycles. The zero-order chi connectivity index (χ0) is 34.5. The highest BCUT2D eigenvalue weighted by Crippen LogP contribution is 2.32. The number of aromatic amines is 2. The van der Waals surface area contributed by atoms with E-state index in [2.05, 4.69) is 9.97 Å². The molecule has 4 unspecified atom stereocenters. The van der Waals surface area contributed by atoms with Crippen LogP contribution in [0.15, 0.2) is 72.8 Å². The van der Waals surface area contributed by atoms with Crippen LogP contribution in [0.2, 0.25) is 10.0 Å². The van der Waals surface area contributed by atoms with E-state index >= 15 is 0 Å². The molecule has 0 spiro atoms. The van der Waals surface area contributed by atoms with Gasteiger partial charge in [0.2, 0.25) is 0 Å². The van der Waals surface area contributed by atoms with Gasteiger partial charge in [0.05, 0.1) is 24.5 Å². The number of benzene rings is 4. The van der Waals surface area contributed by atoms with Crippen LogP contribution in [-0.2, 0) is 19.1 Å². The monoisotopic (exact) mass is 690 g/mol. The number of carbonyl (C=O) groups is 2. The van der Waals surface area contributed by atoms with Crippen molar-refractivity contribution in [2.45, 2.75) is 64.6 Å². The Bertz CT molecular complexity index is 2070. The summed E-state index contributed by atoms with van der Waals surface area (Å²) in [4.78, 5) is 31.1. The summed E-state index contributed by atoms with van der Waals surface area (Å²) in [6, 6.07) is 23.3. The lowest BCUT2D eigenvalue weighted by atomic mass is 9.99. The Morgan fingerprint density at radius 1 is 0.667 bits per heavy atom. The van der Waals surface area contributed by atoms with Gasteiger partial charge in [0.25, 0.3) is 0 Å². The van der Waals surface area contributed by atoms with Crippen LogP contribution in [0.4, 0.5) is 0 Å². The highest BCUT2D eigenvalue weighted by atomic mass is 35.5. The van der Waals surface area contributed by atoms with Crippen molar-refractivity contribution >= 4 is 78.8 Å². The Morgan fingerprint density at radius 3 is 1.65 bits per heavy atom. The number of carbonyl (C=O) groups excluding carboxylic acids is 2. The van der Waals surface area contributed by atoms with Crippen LogP contribution in [0, 0.1) is 0 Å². The third-order valence-corrected chi connectivity index (χ3v) is 8.98. The summed E-state index contributed by atoms with van der Waals surface area (Å²) in [6.45, 7) is 7.35. The molecule has 2 heterocycles. The molecule has 0 aliphatic carbocycles. The van der Waals surface area contributed by atoms with Crippen LogP contribution in [0.1, 0.15) is 63.5 Å². The second kappa shape index (κ2) is 15.4. The third kappa shape index (κ3) is 8.13. The molecule has 0 saturated heterocycles. The Labute approximate surface area is 288 Å². The quantitative estimate of drug-likeness (QED) is 0.107. The van der Waals surface area contributed by atoms with Crippen LogP contribution in [0.25, 0.3) is 43.6 Å². The molecule has 6 rings (SSSR count). The van der Waals surface area contributed by atoms with Gasteiger partial charge in [-0.2, -0.15) is 0 Å². The first-order valence-electron chi connectivity index (χ1n) is 16.0. The molecule has 8 nitrogen and oxygen atoms in total. The molecular formula is C38H40Cl2N2O6. The molecule has 0 saturated carbocycles. The van der Waals surface area contributed by atoms with Crippen LogP contribution < -0.4 is 0 Å². The van der Waals surface area contributed by atoms with Crippen molar-refractivity contribution in [3.8, 4) is 0 Å². The van der Waals surface area contributed by atoms with Crippen molar-refractivity contribution in [2.75, 3.05) is 13.2 Å². The molecule has 252 valence electrons. The Morgan fingerprint density at radius 2 is 1.17 bits per heavy atom. The van der Waals surface area contributed by atoms with E-state index in [0.29, 0.717) is 22.9 Å². The molecule has 0 aliphatic heterocycles. The minimum atomic E-state index is -0.470. The number of hydrogen-bond donors (Lipinski definition) is 4. The van der Waals surface area contributed by atoms with Crippen LogP contribution in [0.3, 0.4) is 0 Å². The molecule has 48 heavy (non-hydrogen) atoms. The zero-order valence-electron chi connectivity index (χ0n) is 27.3. The van der Waals surface area contributed by atoms with E-state index in [-0.39, 0.29) is 43.1 Å². The summed E-state index contributed by atoms with van der Waals surface area (Å²) in [5.41, 5.74) is 5.74. The second-order valence-electron chi connectivity index (χ2n) is 12.2. The van der Waals surface area contributed by atoms with Gasteiger partial charge in [0.1, 0.15) is 6.10 Å². The van der Waals surface area contributed by atoms with Gasteiger partial charge < -0.3 is 29.7 Å². The van der Waals surface area contributed by atoms with E-state index in [9.17, 15) is 14.7 Å². The summed E-state index contributed by atoms with van der Waals surface area (Å²) in [7, 11) is 0. The Balaban J connectivity index is 0.000000188. The summed E-state index contributed by atoms with van der Waals surface area (Å²) < 4.78 is 10.6. The van der Waals surface area contributed by atoms with Crippen molar-refractivity contribution < 1.29 is 29.3 Å². The van der Waals surface area contributed by atoms with Gasteiger partial charge in [-0.1, -0.05) is 47.5 Å². The topological polar surface area (TPSA) is 125 Å². The number of ether oxygens (including phenoxy) is 2. The summed E-state index contributed by atoms with van der Waals surface area (Å²) in [5, 5.41) is 23.8. The summed E-state index contributed by atoms with van der Waals surface area (Å²) >= 11 is 12.2. The number of aromatic nitrogens is 2. The lowest BCUT2D eigenvalue weighted by Crippen LogP contribution is -2.20. The smallest absolute Gasteiger partial charge is 0.313 e. The maximum Gasteiger partial charge on any atom is 0.313 e. The highest BCUT2D eigenvalue weighted by Gasteiger charge is 2.21. The van der Waals surface area contributed by atoms with Crippen LogP contribution >= 0.6 is 23.2 Å². The van der Waals surface area contributed by atoms with Gasteiger partial charge in [-0.05, 0) is 87.4 Å². The van der Waals surface area contributed by atoms with E-state index in [0.717, 1.165) is 54.7 Å². The molecule has 0 fully saturated rings. The molecule has 10 heteroatoms. The van der Waals surface area contributed by atoms with E-state index < -0.39 is 6.10 Å². The lowest BCUT2D eigenvalue weighted by Gasteiger charge is -2.16. The standard InChI is InChI=1S/2C19H20ClNO3/c1-11(22)7-8-24-19(23)12(2)13-3-5-15-16-10-14(20)4-6-17(16)21-18(15)9-13;1-11(7-8-22)24-19(23)12(2)13-3-5-15-16-10-14(20)4-6-17(16)21-18(15)9-13/h2*3-6,9-12,21-22H,7-8H2,1-2H3. The first-order valence-corrected chi connectivity index (χ1v) is 16.8. The number of hydrogen-bond acceptors (Lipinski definition) is 6. The number of aliphatic hydroxyl groups is 2. The van der Waals surface area contributed by atoms with Gasteiger partial charge in [0.15, 0.2) is 0 Å². The van der Waals surface area contributed by atoms with Gasteiger partial charge >= 0.3 is 11.9 Å². The van der Waals surface area contributed by atoms with Crippen molar-refractivity contribution in [1.29, 1.82) is 0 Å². The van der Waals surface area contributed by atoms with E-state index in [1.807, 2.05) is 86.6 Å². The summed E-state index contributed by atoms with van der Waals surface area (Å²) in [6.07, 6.45) is 0.132. The number of rotatable bonds is 10. The first-order chi connectivity index (χ1) is 22.9. The normalized spacial score (nSPS) is 14.0. The molecule has 4 atom stereocenters. The minimum absolute atomic E-state index is 0.00636. The van der Waals surface area contributed by atoms with Crippen molar-refractivity contribution in [3.63, 3.8) is 0 Å². The Kier molecular flexibility index (Phi) is 11.3. The number of fused-ring (bicyclic) bond motifs is 6. The fraction of sp³-hybridized carbons (Fsp3) is 0.316. The molecule has 0 bridgehead atoms. The van der Waals surface area contributed by atoms with Crippen LogP contribution in [-0.4, -0.2) is 57.5 Å². The lowest BCUT2D eigenvalue weighted by molar-refractivity contribution is -0.150. The number of esters is 2. The number of halogens is 2. The summed E-state index contributed by atoms with van der Waals surface area (Å²) in [5.74, 6) is -1.30. The highest BCUT2D eigenvalue weighted by molar-refractivity contribution is 6.32. The molecule has 2 aromatic heterocycles. The average molecular weight is 692 g/mol. The zero-order valence-corrected chi connectivity index (χ0v) is 28.9. The van der Waals surface area contributed by atoms with Crippen LogP contribution in [0.5, 0.6) is 0 Å². The Hall–Kier alpha value is -4.08. The molecule has 6 aromatic rings. The predicted octanol–water partition coefficient (Wildman–Crippen LogP) is 8.78. The first kappa shape index (κ1) is 35.2. The fourth-order valence-corrected chi connectivity index (χ4v) is 5.94. The van der Waals surface area contributed by atoms with Gasteiger partial charge in [-0.15, -0.1) is 0 Å². The fourth-order valence-electron chi connectivity index (χ4n) is 5.59. The number of aliphatic hydroxyl groups excluding tert-OH is 2. The van der Waals surface area contributed by atoms with Gasteiger partial charge in [-0.3, -0.25) is 9.59 Å². The van der Waals surface area contributed by atoms with Crippen molar-refractivity contribution in [1.82, 2.24) is 9.97 Å². The minimum Gasteiger partial charge on any atom is -0.465 e. The van der Waals surface area contributed by atoms with E-state index in [4.69, 9.17) is 37.8 Å². The van der Waals surface area contributed by atoms with Crippen molar-refractivity contribution in [3.05, 3.63) is 94.0 Å². The molecule has 0 radical (unpaired) electrons. The van der Waals surface area contributed by atoms with Gasteiger partial charge in [-0.25, -0.2) is 0 Å². The number of nitrogens with one attached hydrogen (secondary N) is 2. The molecule has 0 aliphatic rings.